The number of aryl methyl sites for hydroxylation is 2. The summed E-state index contributed by atoms with van der Waals surface area (Å²) in [5.74, 6) is -1.30. The number of pyridine rings is 1. The lowest BCUT2D eigenvalue weighted by Gasteiger charge is -2.17. The maximum absolute atomic E-state index is 11.8. The van der Waals surface area contributed by atoms with Crippen LogP contribution in [0.4, 0.5) is 0 Å². The van der Waals surface area contributed by atoms with Gasteiger partial charge in [0.1, 0.15) is 4.83 Å². The molecular formula is C20H21NO2S. The fourth-order valence-corrected chi connectivity index (χ4v) is 3.99. The maximum Gasteiger partial charge on any atom is 0.311 e. The van der Waals surface area contributed by atoms with Crippen LogP contribution in [0.2, 0.25) is 0 Å². The summed E-state index contributed by atoms with van der Waals surface area (Å²) in [5.41, 5.74) is 4.09. The SMILES string of the molecule is CCCC(C(=O)O)c1cnc2sc(C)cc2c1-c1ccc(C)cc1. The van der Waals surface area contributed by atoms with Crippen molar-refractivity contribution in [2.75, 3.05) is 0 Å². The lowest BCUT2D eigenvalue weighted by Crippen LogP contribution is -2.13. The van der Waals surface area contributed by atoms with Crippen LogP contribution >= 0.6 is 11.3 Å². The molecule has 3 aromatic rings. The van der Waals surface area contributed by atoms with Crippen molar-refractivity contribution in [3.8, 4) is 11.1 Å². The van der Waals surface area contributed by atoms with E-state index >= 15 is 0 Å². The first-order valence-electron chi connectivity index (χ1n) is 8.20. The van der Waals surface area contributed by atoms with Crippen molar-refractivity contribution in [1.82, 2.24) is 4.98 Å². The van der Waals surface area contributed by atoms with Crippen molar-refractivity contribution in [2.24, 2.45) is 0 Å². The van der Waals surface area contributed by atoms with E-state index in [0.717, 1.165) is 33.3 Å². The fraction of sp³-hybridized carbons (Fsp3) is 0.300. The van der Waals surface area contributed by atoms with Crippen LogP contribution in [0.5, 0.6) is 0 Å². The molecule has 0 aliphatic carbocycles. The van der Waals surface area contributed by atoms with Gasteiger partial charge < -0.3 is 5.11 Å². The quantitative estimate of drug-likeness (QED) is 0.663. The first-order chi connectivity index (χ1) is 11.5. The van der Waals surface area contributed by atoms with E-state index in [0.29, 0.717) is 6.42 Å². The topological polar surface area (TPSA) is 50.2 Å². The Kier molecular flexibility index (Phi) is 4.67. The molecule has 3 nitrogen and oxygen atoms in total. The first-order valence-corrected chi connectivity index (χ1v) is 9.01. The van der Waals surface area contributed by atoms with Gasteiger partial charge in [-0.1, -0.05) is 43.2 Å². The highest BCUT2D eigenvalue weighted by Gasteiger charge is 2.25. The highest BCUT2D eigenvalue weighted by atomic mass is 32.1. The maximum atomic E-state index is 11.8. The molecule has 2 aromatic heterocycles. The molecule has 0 aliphatic heterocycles. The molecule has 0 fully saturated rings. The fourth-order valence-electron chi connectivity index (χ4n) is 3.13. The van der Waals surface area contributed by atoms with Gasteiger partial charge in [0.15, 0.2) is 0 Å². The zero-order valence-corrected chi connectivity index (χ0v) is 15.0. The summed E-state index contributed by atoms with van der Waals surface area (Å²) in [5, 5.41) is 10.8. The molecular weight excluding hydrogens is 318 g/mol. The van der Waals surface area contributed by atoms with Gasteiger partial charge in [-0.2, -0.15) is 0 Å². The van der Waals surface area contributed by atoms with Crippen molar-refractivity contribution < 1.29 is 9.90 Å². The Morgan fingerprint density at radius 3 is 2.58 bits per heavy atom. The van der Waals surface area contributed by atoms with Gasteiger partial charge in [-0.05, 0) is 43.0 Å². The number of rotatable bonds is 5. The van der Waals surface area contributed by atoms with Crippen LogP contribution in [0.25, 0.3) is 21.3 Å². The average Bonchev–Trinajstić information content (AvgIpc) is 2.93. The minimum Gasteiger partial charge on any atom is -0.481 e. The van der Waals surface area contributed by atoms with Gasteiger partial charge in [0.2, 0.25) is 0 Å². The molecule has 0 bridgehead atoms. The normalized spacial score (nSPS) is 12.5. The molecule has 3 rings (SSSR count). The van der Waals surface area contributed by atoms with Crippen molar-refractivity contribution in [3.63, 3.8) is 0 Å². The van der Waals surface area contributed by atoms with Gasteiger partial charge in [-0.15, -0.1) is 11.3 Å². The van der Waals surface area contributed by atoms with Crippen molar-refractivity contribution in [3.05, 3.63) is 52.5 Å². The number of carboxylic acid groups (broad SMARTS) is 1. The van der Waals surface area contributed by atoms with Crippen LogP contribution in [0.3, 0.4) is 0 Å². The van der Waals surface area contributed by atoms with E-state index in [9.17, 15) is 9.90 Å². The molecule has 2 heterocycles. The first kappa shape index (κ1) is 16.7. The molecule has 0 radical (unpaired) electrons. The summed E-state index contributed by atoms with van der Waals surface area (Å²) in [6.07, 6.45) is 3.21. The Bertz CT molecular complexity index is 881. The molecule has 0 aliphatic rings. The molecule has 0 saturated heterocycles. The number of nitrogens with zero attached hydrogens (tertiary/aromatic N) is 1. The van der Waals surface area contributed by atoms with Crippen LogP contribution in [0.1, 0.15) is 41.7 Å². The predicted octanol–water partition coefficient (Wildman–Crippen LogP) is 5.55. The van der Waals surface area contributed by atoms with Crippen LogP contribution in [0.15, 0.2) is 36.5 Å². The number of hydrogen-bond acceptors (Lipinski definition) is 3. The Morgan fingerprint density at radius 1 is 1.25 bits per heavy atom. The predicted molar refractivity (Wildman–Crippen MR) is 99.8 cm³/mol. The number of thiophene rings is 1. The number of benzene rings is 1. The van der Waals surface area contributed by atoms with Crippen LogP contribution in [-0.4, -0.2) is 16.1 Å². The second-order valence-corrected chi connectivity index (χ2v) is 7.44. The molecule has 1 atom stereocenters. The molecule has 24 heavy (non-hydrogen) atoms. The van der Waals surface area contributed by atoms with Gasteiger partial charge in [-0.25, -0.2) is 4.98 Å². The summed E-state index contributed by atoms with van der Waals surface area (Å²) in [4.78, 5) is 18.5. The number of aliphatic carboxylic acids is 1. The minimum atomic E-state index is -0.779. The van der Waals surface area contributed by atoms with E-state index in [-0.39, 0.29) is 0 Å². The molecule has 1 aromatic carbocycles. The van der Waals surface area contributed by atoms with Crippen molar-refractivity contribution in [2.45, 2.75) is 39.5 Å². The van der Waals surface area contributed by atoms with E-state index in [4.69, 9.17) is 0 Å². The third kappa shape index (κ3) is 3.06. The molecule has 1 N–H and O–H groups in total. The van der Waals surface area contributed by atoms with Gasteiger partial charge in [0.05, 0.1) is 5.92 Å². The van der Waals surface area contributed by atoms with Gasteiger partial charge in [0.25, 0.3) is 0 Å². The Labute approximate surface area is 146 Å². The molecule has 4 heteroatoms. The van der Waals surface area contributed by atoms with E-state index in [2.05, 4.69) is 49.2 Å². The molecule has 0 amide bonds. The van der Waals surface area contributed by atoms with Crippen molar-refractivity contribution >= 4 is 27.5 Å². The summed E-state index contributed by atoms with van der Waals surface area (Å²) in [7, 11) is 0. The van der Waals surface area contributed by atoms with E-state index < -0.39 is 11.9 Å². The molecule has 124 valence electrons. The third-order valence-electron chi connectivity index (χ3n) is 4.31. The third-order valence-corrected chi connectivity index (χ3v) is 5.26. The minimum absolute atomic E-state index is 0.525. The highest BCUT2D eigenvalue weighted by molar-refractivity contribution is 7.18. The van der Waals surface area contributed by atoms with Gasteiger partial charge in [0, 0.05) is 16.5 Å². The zero-order valence-electron chi connectivity index (χ0n) is 14.2. The standard InChI is InChI=1S/C20H21NO2S/c1-4-5-15(20(22)23)17-11-21-19-16(10-13(3)24-19)18(17)14-8-6-12(2)7-9-14/h6-11,15H,4-5H2,1-3H3,(H,22,23). The van der Waals surface area contributed by atoms with Gasteiger partial charge in [-0.3, -0.25) is 4.79 Å². The van der Waals surface area contributed by atoms with Crippen LogP contribution in [-0.2, 0) is 4.79 Å². The number of hydrogen-bond donors (Lipinski definition) is 1. The second kappa shape index (κ2) is 6.73. The monoisotopic (exact) mass is 339 g/mol. The van der Waals surface area contributed by atoms with Crippen LogP contribution in [0, 0.1) is 13.8 Å². The number of carbonyl (C=O) groups is 1. The average molecular weight is 339 g/mol. The highest BCUT2D eigenvalue weighted by Crippen LogP contribution is 2.39. The Morgan fingerprint density at radius 2 is 1.96 bits per heavy atom. The van der Waals surface area contributed by atoms with E-state index in [1.54, 1.807) is 17.5 Å². The van der Waals surface area contributed by atoms with E-state index in [1.807, 2.05) is 6.92 Å². The smallest absolute Gasteiger partial charge is 0.311 e. The Hall–Kier alpha value is -2.20. The lowest BCUT2D eigenvalue weighted by molar-refractivity contribution is -0.139. The molecule has 0 saturated carbocycles. The summed E-state index contributed by atoms with van der Waals surface area (Å²) in [6.45, 7) is 6.13. The van der Waals surface area contributed by atoms with Crippen molar-refractivity contribution in [1.29, 1.82) is 0 Å². The molecule has 1 unspecified atom stereocenters. The van der Waals surface area contributed by atoms with E-state index in [1.165, 1.54) is 10.4 Å². The second-order valence-electron chi connectivity index (χ2n) is 6.21. The lowest BCUT2D eigenvalue weighted by atomic mass is 9.87. The number of fused-ring (bicyclic) bond motifs is 1. The summed E-state index contributed by atoms with van der Waals surface area (Å²) in [6, 6.07) is 10.4. The summed E-state index contributed by atoms with van der Waals surface area (Å²) < 4.78 is 0. The largest absolute Gasteiger partial charge is 0.481 e. The van der Waals surface area contributed by atoms with Crippen LogP contribution < -0.4 is 0 Å². The Balaban J connectivity index is 2.30. The van der Waals surface area contributed by atoms with Gasteiger partial charge >= 0.3 is 5.97 Å². The zero-order chi connectivity index (χ0) is 17.3. The summed E-state index contributed by atoms with van der Waals surface area (Å²) >= 11 is 1.65. The molecule has 0 spiro atoms. The number of aromatic nitrogens is 1. The number of carboxylic acids is 1.